The molecule has 1 aliphatic rings. The molecule has 0 N–H and O–H groups in total. The van der Waals surface area contributed by atoms with E-state index in [9.17, 15) is 18.0 Å². The zero-order chi connectivity index (χ0) is 28.1. The van der Waals surface area contributed by atoms with Crippen molar-refractivity contribution in [2.75, 3.05) is 13.1 Å². The normalized spacial score (nSPS) is 14.3. The molecule has 2 aromatic heterocycles. The molecule has 1 amide bonds. The second kappa shape index (κ2) is 11.9. The fourth-order valence-electron chi connectivity index (χ4n) is 5.21. The molecule has 0 radical (unpaired) electrons. The Morgan fingerprint density at radius 2 is 1.70 bits per heavy atom. The van der Waals surface area contributed by atoms with E-state index in [0.29, 0.717) is 43.7 Å². The minimum Gasteiger partial charge on any atom is -0.445 e. The lowest BCUT2D eigenvalue weighted by Crippen LogP contribution is -2.38. The number of nitrogens with zero attached hydrogens (tertiary/aromatic N) is 4. The SMILES string of the molecule is CCCn1c(C2CCN(C(=O)OCc3ccccc3)CC2)nc(-c2cccc(C(F)(F)F)c2)c1-c1ccncc1. The van der Waals surface area contributed by atoms with Crippen LogP contribution in [-0.4, -0.2) is 38.6 Å². The number of benzene rings is 2. The van der Waals surface area contributed by atoms with Gasteiger partial charge in [0.1, 0.15) is 12.4 Å². The number of halogens is 3. The van der Waals surface area contributed by atoms with Gasteiger partial charge in [-0.05, 0) is 49.1 Å². The van der Waals surface area contributed by atoms with Crippen molar-refractivity contribution in [3.05, 3.63) is 96.1 Å². The molecular formula is C31H31F3N4O2. The van der Waals surface area contributed by atoms with Crippen LogP contribution in [0.15, 0.2) is 79.1 Å². The van der Waals surface area contributed by atoms with E-state index < -0.39 is 11.7 Å². The summed E-state index contributed by atoms with van der Waals surface area (Å²) in [6.07, 6.45) is 0.735. The van der Waals surface area contributed by atoms with Crippen LogP contribution in [-0.2, 0) is 24.1 Å². The van der Waals surface area contributed by atoms with Crippen molar-refractivity contribution in [3.8, 4) is 22.5 Å². The summed E-state index contributed by atoms with van der Waals surface area (Å²) in [5.41, 5.74) is 2.78. The van der Waals surface area contributed by atoms with Gasteiger partial charge in [0.05, 0.1) is 17.0 Å². The third-order valence-electron chi connectivity index (χ3n) is 7.18. The summed E-state index contributed by atoms with van der Waals surface area (Å²) in [6.45, 7) is 3.98. The maximum absolute atomic E-state index is 13.6. The van der Waals surface area contributed by atoms with Crippen molar-refractivity contribution in [2.45, 2.75) is 51.4 Å². The molecule has 0 saturated carbocycles. The predicted octanol–water partition coefficient (Wildman–Crippen LogP) is 7.56. The maximum atomic E-state index is 13.6. The second-order valence-electron chi connectivity index (χ2n) is 9.93. The van der Waals surface area contributed by atoms with Crippen LogP contribution in [0, 0.1) is 0 Å². The molecule has 9 heteroatoms. The zero-order valence-electron chi connectivity index (χ0n) is 22.3. The van der Waals surface area contributed by atoms with Gasteiger partial charge in [-0.3, -0.25) is 4.98 Å². The van der Waals surface area contributed by atoms with Gasteiger partial charge in [-0.15, -0.1) is 0 Å². The van der Waals surface area contributed by atoms with Crippen molar-refractivity contribution < 1.29 is 22.7 Å². The zero-order valence-corrected chi connectivity index (χ0v) is 22.3. The standard InChI is InChI=1S/C31H31F3N4O2/c1-2-17-38-28(23-11-15-35-16-12-23)27(25-9-6-10-26(20-25)31(32,33)34)36-29(38)24-13-18-37(19-14-24)30(39)40-21-22-7-4-3-5-8-22/h3-12,15-16,20,24H,2,13-14,17-19,21H2,1H3. The number of ether oxygens (including phenoxy) is 1. The van der Waals surface area contributed by atoms with Gasteiger partial charge in [0, 0.05) is 49.1 Å². The number of imidazole rings is 1. The fourth-order valence-corrected chi connectivity index (χ4v) is 5.21. The molecule has 0 unspecified atom stereocenters. The number of hydrogen-bond acceptors (Lipinski definition) is 4. The molecule has 3 heterocycles. The van der Waals surface area contributed by atoms with Crippen molar-refractivity contribution in [1.29, 1.82) is 0 Å². The predicted molar refractivity (Wildman–Crippen MR) is 146 cm³/mol. The lowest BCUT2D eigenvalue weighted by atomic mass is 9.96. The monoisotopic (exact) mass is 548 g/mol. The average Bonchev–Trinajstić information content (AvgIpc) is 3.36. The molecule has 0 spiro atoms. The Balaban J connectivity index is 1.43. The lowest BCUT2D eigenvalue weighted by Gasteiger charge is -2.31. The van der Waals surface area contributed by atoms with Crippen LogP contribution in [0.2, 0.25) is 0 Å². The number of carbonyl (C=O) groups excluding carboxylic acids is 1. The van der Waals surface area contributed by atoms with Crippen LogP contribution in [0.25, 0.3) is 22.5 Å². The van der Waals surface area contributed by atoms with E-state index >= 15 is 0 Å². The van der Waals surface area contributed by atoms with Gasteiger partial charge in [0.15, 0.2) is 0 Å². The van der Waals surface area contributed by atoms with E-state index in [1.807, 2.05) is 42.5 Å². The molecule has 1 aliphatic heterocycles. The van der Waals surface area contributed by atoms with E-state index in [1.165, 1.54) is 12.1 Å². The first-order valence-corrected chi connectivity index (χ1v) is 13.5. The Bertz CT molecular complexity index is 1430. The second-order valence-corrected chi connectivity index (χ2v) is 9.93. The molecule has 40 heavy (non-hydrogen) atoms. The minimum absolute atomic E-state index is 0.0462. The lowest BCUT2D eigenvalue weighted by molar-refractivity contribution is -0.137. The van der Waals surface area contributed by atoms with Crippen molar-refractivity contribution in [3.63, 3.8) is 0 Å². The third kappa shape index (κ3) is 6.03. The number of pyridine rings is 1. The van der Waals surface area contributed by atoms with Crippen molar-refractivity contribution in [2.24, 2.45) is 0 Å². The van der Waals surface area contributed by atoms with Gasteiger partial charge >= 0.3 is 12.3 Å². The van der Waals surface area contributed by atoms with Gasteiger partial charge in [0.25, 0.3) is 0 Å². The van der Waals surface area contributed by atoms with E-state index in [2.05, 4.69) is 16.5 Å². The molecule has 0 aliphatic carbocycles. The molecule has 1 saturated heterocycles. The highest BCUT2D eigenvalue weighted by Gasteiger charge is 2.33. The highest BCUT2D eigenvalue weighted by molar-refractivity contribution is 5.79. The minimum atomic E-state index is -4.45. The summed E-state index contributed by atoms with van der Waals surface area (Å²) in [4.78, 5) is 23.6. The van der Waals surface area contributed by atoms with Gasteiger partial charge < -0.3 is 14.2 Å². The number of likely N-dealkylation sites (tertiary alicyclic amines) is 1. The van der Waals surface area contributed by atoms with Crippen molar-refractivity contribution >= 4 is 6.09 Å². The van der Waals surface area contributed by atoms with Crippen LogP contribution < -0.4 is 0 Å². The molecular weight excluding hydrogens is 517 g/mol. The Kier molecular flexibility index (Phi) is 8.19. The molecule has 2 aromatic carbocycles. The van der Waals surface area contributed by atoms with E-state index in [1.54, 1.807) is 23.4 Å². The highest BCUT2D eigenvalue weighted by Crippen LogP contribution is 2.39. The number of amides is 1. The van der Waals surface area contributed by atoms with Crippen LogP contribution in [0.5, 0.6) is 0 Å². The number of aromatic nitrogens is 3. The molecule has 0 bridgehead atoms. The molecule has 208 valence electrons. The first-order valence-electron chi connectivity index (χ1n) is 13.5. The molecule has 4 aromatic rings. The van der Waals surface area contributed by atoms with E-state index in [4.69, 9.17) is 9.72 Å². The Morgan fingerprint density at radius 3 is 2.38 bits per heavy atom. The molecule has 6 nitrogen and oxygen atoms in total. The number of hydrogen-bond donors (Lipinski definition) is 0. The molecule has 1 fully saturated rings. The largest absolute Gasteiger partial charge is 0.445 e. The summed E-state index contributed by atoms with van der Waals surface area (Å²) in [5.74, 6) is 0.878. The van der Waals surface area contributed by atoms with Gasteiger partial charge in [-0.2, -0.15) is 13.2 Å². The number of piperidine rings is 1. The topological polar surface area (TPSA) is 60.2 Å². The third-order valence-corrected chi connectivity index (χ3v) is 7.18. The smallest absolute Gasteiger partial charge is 0.416 e. The first kappa shape index (κ1) is 27.4. The van der Waals surface area contributed by atoms with Gasteiger partial charge in [-0.1, -0.05) is 49.4 Å². The van der Waals surface area contributed by atoms with E-state index in [-0.39, 0.29) is 18.6 Å². The van der Waals surface area contributed by atoms with Crippen molar-refractivity contribution in [1.82, 2.24) is 19.4 Å². The Morgan fingerprint density at radius 1 is 0.975 bits per heavy atom. The number of rotatable bonds is 7. The quantitative estimate of drug-likeness (QED) is 0.239. The maximum Gasteiger partial charge on any atom is 0.416 e. The van der Waals surface area contributed by atoms with Crippen LogP contribution in [0.4, 0.5) is 18.0 Å². The Hall–Kier alpha value is -4.14. The summed E-state index contributed by atoms with van der Waals surface area (Å²) < 4.78 is 48.4. The fraction of sp³-hybridized carbons (Fsp3) is 0.323. The van der Waals surface area contributed by atoms with Gasteiger partial charge in [-0.25, -0.2) is 9.78 Å². The Labute approximate surface area is 231 Å². The number of carbonyl (C=O) groups is 1. The van der Waals surface area contributed by atoms with Crippen LogP contribution in [0.3, 0.4) is 0 Å². The summed E-state index contributed by atoms with van der Waals surface area (Å²) >= 11 is 0. The summed E-state index contributed by atoms with van der Waals surface area (Å²) in [6, 6.07) is 18.6. The highest BCUT2D eigenvalue weighted by atomic mass is 19.4. The first-order chi connectivity index (χ1) is 19.3. The van der Waals surface area contributed by atoms with Crippen LogP contribution >= 0.6 is 0 Å². The summed E-state index contributed by atoms with van der Waals surface area (Å²) in [5, 5.41) is 0. The molecule has 5 rings (SSSR count). The summed E-state index contributed by atoms with van der Waals surface area (Å²) in [7, 11) is 0. The van der Waals surface area contributed by atoms with E-state index in [0.717, 1.165) is 35.1 Å². The van der Waals surface area contributed by atoms with Crippen LogP contribution in [0.1, 0.15) is 49.1 Å². The average molecular weight is 549 g/mol. The molecule has 0 atom stereocenters. The van der Waals surface area contributed by atoms with Gasteiger partial charge in [0.2, 0.25) is 0 Å². The number of alkyl halides is 3.